The lowest BCUT2D eigenvalue weighted by Gasteiger charge is -2.27. The molecule has 1 aromatic heterocycles. The quantitative estimate of drug-likeness (QED) is 0.191. The van der Waals surface area contributed by atoms with Crippen molar-refractivity contribution in [3.8, 4) is 39.1 Å². The van der Waals surface area contributed by atoms with Crippen LogP contribution in [-0.4, -0.2) is 11.1 Å². The van der Waals surface area contributed by atoms with E-state index in [1.54, 1.807) is 0 Å². The molecule has 0 saturated heterocycles. The lowest BCUT2D eigenvalue weighted by Crippen LogP contribution is -2.37. The summed E-state index contributed by atoms with van der Waals surface area (Å²) in [5, 5.41) is 9.82. The molecule has 0 amide bonds. The van der Waals surface area contributed by atoms with Crippen LogP contribution in [0.2, 0.25) is 0 Å². The van der Waals surface area contributed by atoms with E-state index < -0.39 is 0 Å². The molecular formula is C49H39N3. The highest BCUT2D eigenvalue weighted by atomic mass is 15.1. The SMILES string of the molecule is CC1(C)c2ccccc2-c2ccc(-c3cccc(-c4ccc5c(c4)c4ccccc4n5-c4ccc(C5NCC=C(c6ccccc6)N5)cc4)c3)cc21. The Morgan fingerprint density at radius 3 is 2.02 bits per heavy atom. The van der Waals surface area contributed by atoms with E-state index in [0.29, 0.717) is 0 Å². The molecule has 0 bridgehead atoms. The Balaban J connectivity index is 0.985. The highest BCUT2D eigenvalue weighted by Crippen LogP contribution is 2.49. The molecule has 2 N–H and O–H groups in total. The van der Waals surface area contributed by atoms with Crippen LogP contribution in [0.1, 0.15) is 42.3 Å². The van der Waals surface area contributed by atoms with Crippen LogP contribution in [0, 0.1) is 0 Å². The molecule has 7 aromatic carbocycles. The Bertz CT molecular complexity index is 2680. The van der Waals surface area contributed by atoms with Crippen molar-refractivity contribution in [2.24, 2.45) is 0 Å². The van der Waals surface area contributed by atoms with Gasteiger partial charge in [0.2, 0.25) is 0 Å². The van der Waals surface area contributed by atoms with Gasteiger partial charge >= 0.3 is 0 Å². The van der Waals surface area contributed by atoms with Crippen LogP contribution in [-0.2, 0) is 5.41 Å². The molecule has 1 aliphatic carbocycles. The largest absolute Gasteiger partial charge is 0.366 e. The fourth-order valence-corrected chi connectivity index (χ4v) is 8.57. The number of nitrogens with one attached hydrogen (secondary N) is 2. The molecule has 250 valence electrons. The van der Waals surface area contributed by atoms with E-state index in [0.717, 1.165) is 12.2 Å². The van der Waals surface area contributed by atoms with Crippen LogP contribution >= 0.6 is 0 Å². The maximum atomic E-state index is 3.70. The fourth-order valence-electron chi connectivity index (χ4n) is 8.57. The van der Waals surface area contributed by atoms with Gasteiger partial charge in [-0.25, -0.2) is 0 Å². The minimum Gasteiger partial charge on any atom is -0.366 e. The van der Waals surface area contributed by atoms with Crippen molar-refractivity contribution in [3.63, 3.8) is 0 Å². The number of rotatable bonds is 5. The molecular weight excluding hydrogens is 631 g/mol. The molecule has 0 fully saturated rings. The molecule has 10 rings (SSSR count). The molecule has 0 radical (unpaired) electrons. The maximum absolute atomic E-state index is 3.70. The first-order valence-corrected chi connectivity index (χ1v) is 18.3. The Kier molecular flexibility index (Phi) is 7.06. The van der Waals surface area contributed by atoms with Gasteiger partial charge in [0.05, 0.1) is 11.0 Å². The average molecular weight is 670 g/mol. The van der Waals surface area contributed by atoms with Gasteiger partial charge in [-0.3, -0.25) is 5.32 Å². The lowest BCUT2D eigenvalue weighted by molar-refractivity contribution is 0.509. The molecule has 2 aliphatic rings. The highest BCUT2D eigenvalue weighted by Gasteiger charge is 2.35. The third kappa shape index (κ3) is 4.92. The van der Waals surface area contributed by atoms with Crippen LogP contribution < -0.4 is 10.6 Å². The Hall–Kier alpha value is -6.16. The van der Waals surface area contributed by atoms with Gasteiger partial charge in [-0.05, 0) is 104 Å². The number of para-hydroxylation sites is 1. The van der Waals surface area contributed by atoms with Crippen LogP contribution in [0.5, 0.6) is 0 Å². The Morgan fingerprint density at radius 2 is 1.17 bits per heavy atom. The van der Waals surface area contributed by atoms with Gasteiger partial charge in [-0.1, -0.05) is 135 Å². The van der Waals surface area contributed by atoms with E-state index in [4.69, 9.17) is 0 Å². The molecule has 1 atom stereocenters. The highest BCUT2D eigenvalue weighted by molar-refractivity contribution is 6.10. The van der Waals surface area contributed by atoms with E-state index in [1.165, 1.54) is 83.1 Å². The first-order valence-electron chi connectivity index (χ1n) is 18.3. The maximum Gasteiger partial charge on any atom is 0.103 e. The summed E-state index contributed by atoms with van der Waals surface area (Å²) in [5.41, 5.74) is 17.6. The molecule has 8 aromatic rings. The normalized spacial score (nSPS) is 16.0. The average Bonchev–Trinajstić information content (AvgIpc) is 3.66. The summed E-state index contributed by atoms with van der Waals surface area (Å²) in [5.74, 6) is 0. The predicted octanol–water partition coefficient (Wildman–Crippen LogP) is 11.7. The molecule has 3 nitrogen and oxygen atoms in total. The summed E-state index contributed by atoms with van der Waals surface area (Å²) >= 11 is 0. The number of fused-ring (bicyclic) bond motifs is 6. The second kappa shape index (κ2) is 12.0. The van der Waals surface area contributed by atoms with Gasteiger partial charge in [-0.2, -0.15) is 0 Å². The van der Waals surface area contributed by atoms with Crippen molar-refractivity contribution in [2.45, 2.75) is 25.4 Å². The molecule has 0 spiro atoms. The minimum atomic E-state index is -0.0218. The third-order valence-corrected chi connectivity index (χ3v) is 11.3. The molecule has 1 unspecified atom stereocenters. The Labute approximate surface area is 304 Å². The number of nitrogens with zero attached hydrogens (tertiary/aromatic N) is 1. The van der Waals surface area contributed by atoms with E-state index >= 15 is 0 Å². The zero-order valence-corrected chi connectivity index (χ0v) is 29.4. The van der Waals surface area contributed by atoms with Crippen LogP contribution in [0.25, 0.3) is 66.6 Å². The summed E-state index contributed by atoms with van der Waals surface area (Å²) < 4.78 is 2.40. The second-order valence-electron chi connectivity index (χ2n) is 14.7. The monoisotopic (exact) mass is 669 g/mol. The van der Waals surface area contributed by atoms with E-state index in [-0.39, 0.29) is 11.6 Å². The molecule has 1 aliphatic heterocycles. The Morgan fingerprint density at radius 1 is 0.519 bits per heavy atom. The first-order chi connectivity index (χ1) is 25.5. The first kappa shape index (κ1) is 30.6. The number of hydrogen-bond acceptors (Lipinski definition) is 2. The number of aromatic nitrogens is 1. The van der Waals surface area contributed by atoms with Crippen LogP contribution in [0.15, 0.2) is 170 Å². The van der Waals surface area contributed by atoms with Crippen molar-refractivity contribution >= 4 is 27.5 Å². The van der Waals surface area contributed by atoms with Gasteiger partial charge in [-0.15, -0.1) is 0 Å². The lowest BCUT2D eigenvalue weighted by atomic mass is 9.81. The summed E-state index contributed by atoms with van der Waals surface area (Å²) in [4.78, 5) is 0. The third-order valence-electron chi connectivity index (χ3n) is 11.3. The van der Waals surface area contributed by atoms with E-state index in [2.05, 4.69) is 199 Å². The van der Waals surface area contributed by atoms with Gasteiger partial charge in [0.25, 0.3) is 0 Å². The summed E-state index contributed by atoms with van der Waals surface area (Å²) in [6, 6.07) is 60.1. The van der Waals surface area contributed by atoms with Crippen LogP contribution in [0.4, 0.5) is 0 Å². The topological polar surface area (TPSA) is 29.0 Å². The fraction of sp³-hybridized carbons (Fsp3) is 0.102. The van der Waals surface area contributed by atoms with Crippen molar-refractivity contribution in [1.82, 2.24) is 15.2 Å². The summed E-state index contributed by atoms with van der Waals surface area (Å²) in [6.45, 7) is 5.52. The zero-order chi connectivity index (χ0) is 34.8. The van der Waals surface area contributed by atoms with Crippen molar-refractivity contribution in [1.29, 1.82) is 0 Å². The minimum absolute atomic E-state index is 0.0218. The molecule has 52 heavy (non-hydrogen) atoms. The predicted molar refractivity (Wildman–Crippen MR) is 218 cm³/mol. The van der Waals surface area contributed by atoms with Gasteiger partial charge in [0.15, 0.2) is 0 Å². The standard InChI is InChI=1S/C49H39N3/c1-49(2)43-17-8-6-15-39(43)40-25-21-37(31-44(40)49)35-14-10-13-34(29-35)36-22-26-47-42(30-36)41-16-7-9-18-46(41)52(47)38-23-19-33(20-24-38)48-50-28-27-45(51-48)32-11-4-3-5-12-32/h3-27,29-31,48,50-51H,28H2,1-2H3. The van der Waals surface area contributed by atoms with Crippen LogP contribution in [0.3, 0.4) is 0 Å². The van der Waals surface area contributed by atoms with Gasteiger partial charge in [0.1, 0.15) is 6.17 Å². The van der Waals surface area contributed by atoms with E-state index in [1.807, 2.05) is 0 Å². The summed E-state index contributed by atoms with van der Waals surface area (Å²) in [6.07, 6.45) is 2.26. The van der Waals surface area contributed by atoms with Crippen molar-refractivity contribution in [2.75, 3.05) is 6.54 Å². The number of benzene rings is 7. The molecule has 0 saturated carbocycles. The summed E-state index contributed by atoms with van der Waals surface area (Å²) in [7, 11) is 0. The molecule has 2 heterocycles. The van der Waals surface area contributed by atoms with E-state index in [9.17, 15) is 0 Å². The zero-order valence-electron chi connectivity index (χ0n) is 29.4. The smallest absolute Gasteiger partial charge is 0.103 e. The molecule has 3 heteroatoms. The second-order valence-corrected chi connectivity index (χ2v) is 14.7. The van der Waals surface area contributed by atoms with Crippen molar-refractivity contribution < 1.29 is 0 Å². The van der Waals surface area contributed by atoms with Gasteiger partial charge in [0, 0.05) is 34.1 Å². The van der Waals surface area contributed by atoms with Gasteiger partial charge < -0.3 is 9.88 Å². The number of hydrogen-bond donors (Lipinski definition) is 2. The van der Waals surface area contributed by atoms with Crippen molar-refractivity contribution in [3.05, 3.63) is 192 Å².